The third-order valence-electron chi connectivity index (χ3n) is 3.26. The molecule has 0 spiro atoms. The Hall–Kier alpha value is -1.56. The number of hydrogen-bond acceptors (Lipinski definition) is 4. The minimum Gasteiger partial charge on any atom is -0.399 e. The average Bonchev–Trinajstić information content (AvgIpc) is 2.59. The lowest BCUT2D eigenvalue weighted by atomic mass is 10.2. The van der Waals surface area contributed by atoms with Crippen molar-refractivity contribution in [2.45, 2.75) is 23.5 Å². The summed E-state index contributed by atoms with van der Waals surface area (Å²) in [6.45, 7) is 2.17. The molecule has 1 atom stereocenters. The van der Waals surface area contributed by atoms with Crippen LogP contribution in [0.4, 0.5) is 5.69 Å². The highest BCUT2D eigenvalue weighted by atomic mass is 32.2. The molecule has 1 aliphatic rings. The van der Waals surface area contributed by atoms with Crippen LogP contribution in [0, 0.1) is 6.92 Å². The van der Waals surface area contributed by atoms with E-state index in [1.165, 1.54) is 11.0 Å². The molecule has 1 aromatic rings. The van der Waals surface area contributed by atoms with Gasteiger partial charge in [0, 0.05) is 19.3 Å². The van der Waals surface area contributed by atoms with Crippen molar-refractivity contribution in [3.63, 3.8) is 0 Å². The molecule has 98 valence electrons. The molecular weight excluding hydrogens is 252 g/mol. The van der Waals surface area contributed by atoms with Gasteiger partial charge in [0.25, 0.3) is 0 Å². The summed E-state index contributed by atoms with van der Waals surface area (Å²) in [5.74, 6) is -0.328. The van der Waals surface area contributed by atoms with Crippen molar-refractivity contribution in [2.75, 3.05) is 19.3 Å². The fraction of sp³-hybridized carbons (Fsp3) is 0.417. The molecule has 0 aliphatic carbocycles. The molecule has 0 aromatic heterocycles. The zero-order valence-electron chi connectivity index (χ0n) is 10.4. The van der Waals surface area contributed by atoms with Crippen LogP contribution in [0.15, 0.2) is 23.1 Å². The van der Waals surface area contributed by atoms with E-state index in [9.17, 15) is 13.2 Å². The number of benzene rings is 1. The van der Waals surface area contributed by atoms with Gasteiger partial charge in [-0.05, 0) is 37.1 Å². The van der Waals surface area contributed by atoms with Crippen molar-refractivity contribution >= 4 is 21.4 Å². The van der Waals surface area contributed by atoms with Crippen molar-refractivity contribution in [1.82, 2.24) is 4.90 Å². The second-order valence-corrected chi connectivity index (χ2v) is 6.71. The van der Waals surface area contributed by atoms with Crippen LogP contribution in [0.3, 0.4) is 0 Å². The van der Waals surface area contributed by atoms with Crippen LogP contribution in [0.1, 0.15) is 12.0 Å². The Labute approximate surface area is 107 Å². The third kappa shape index (κ3) is 1.96. The average molecular weight is 268 g/mol. The van der Waals surface area contributed by atoms with E-state index in [0.29, 0.717) is 24.2 Å². The number of amides is 1. The number of aryl methyl sites for hydroxylation is 1. The van der Waals surface area contributed by atoms with Gasteiger partial charge in [-0.15, -0.1) is 0 Å². The molecule has 0 saturated carbocycles. The molecule has 1 fully saturated rings. The largest absolute Gasteiger partial charge is 0.399 e. The summed E-state index contributed by atoms with van der Waals surface area (Å²) >= 11 is 0. The molecule has 18 heavy (non-hydrogen) atoms. The van der Waals surface area contributed by atoms with E-state index < -0.39 is 15.1 Å². The van der Waals surface area contributed by atoms with E-state index in [0.717, 1.165) is 0 Å². The highest BCUT2D eigenvalue weighted by Gasteiger charge is 2.40. The van der Waals surface area contributed by atoms with Crippen LogP contribution in [0.5, 0.6) is 0 Å². The summed E-state index contributed by atoms with van der Waals surface area (Å²) < 4.78 is 24.9. The van der Waals surface area contributed by atoms with Crippen molar-refractivity contribution < 1.29 is 13.2 Å². The maximum absolute atomic E-state index is 12.4. The van der Waals surface area contributed by atoms with Crippen LogP contribution in [0.25, 0.3) is 0 Å². The maximum Gasteiger partial charge on any atom is 0.241 e. The van der Waals surface area contributed by atoms with Crippen molar-refractivity contribution in [2.24, 2.45) is 0 Å². The normalized spacial score (nSPS) is 20.4. The quantitative estimate of drug-likeness (QED) is 0.796. The minimum absolute atomic E-state index is 0.199. The zero-order valence-corrected chi connectivity index (χ0v) is 11.2. The van der Waals surface area contributed by atoms with Crippen LogP contribution in [-0.4, -0.2) is 38.1 Å². The summed E-state index contributed by atoms with van der Waals surface area (Å²) in [6, 6.07) is 4.63. The van der Waals surface area contributed by atoms with E-state index in [2.05, 4.69) is 0 Å². The Kier molecular flexibility index (Phi) is 3.06. The van der Waals surface area contributed by atoms with Gasteiger partial charge in [-0.1, -0.05) is 0 Å². The second kappa shape index (κ2) is 4.28. The van der Waals surface area contributed by atoms with Gasteiger partial charge in [-0.25, -0.2) is 8.42 Å². The Morgan fingerprint density at radius 1 is 1.39 bits per heavy atom. The van der Waals surface area contributed by atoms with Crippen molar-refractivity contribution in [3.8, 4) is 0 Å². The van der Waals surface area contributed by atoms with Crippen LogP contribution in [0.2, 0.25) is 0 Å². The fourth-order valence-corrected chi connectivity index (χ4v) is 4.16. The number of hydrogen-bond donors (Lipinski definition) is 1. The highest BCUT2D eigenvalue weighted by Crippen LogP contribution is 2.27. The van der Waals surface area contributed by atoms with E-state index in [-0.39, 0.29) is 10.8 Å². The molecule has 1 aliphatic heterocycles. The monoisotopic (exact) mass is 268 g/mol. The van der Waals surface area contributed by atoms with Crippen LogP contribution in [-0.2, 0) is 14.6 Å². The van der Waals surface area contributed by atoms with E-state index in [4.69, 9.17) is 5.73 Å². The number of carbonyl (C=O) groups is 1. The number of likely N-dealkylation sites (tertiary alicyclic amines) is 1. The summed E-state index contributed by atoms with van der Waals surface area (Å²) in [5, 5.41) is -0.954. The maximum atomic E-state index is 12.4. The Bertz CT molecular complexity index is 595. The number of nitrogens with two attached hydrogens (primary N) is 1. The molecule has 0 bridgehead atoms. The van der Waals surface area contributed by atoms with Gasteiger partial charge in [-0.2, -0.15) is 0 Å². The lowest BCUT2D eigenvalue weighted by Crippen LogP contribution is -2.32. The Morgan fingerprint density at radius 2 is 2.06 bits per heavy atom. The van der Waals surface area contributed by atoms with Crippen molar-refractivity contribution in [1.29, 1.82) is 0 Å². The minimum atomic E-state index is -3.61. The topological polar surface area (TPSA) is 80.5 Å². The first-order valence-electron chi connectivity index (χ1n) is 5.69. The van der Waals surface area contributed by atoms with Gasteiger partial charge in [0.05, 0.1) is 4.90 Å². The summed E-state index contributed by atoms with van der Waals surface area (Å²) in [4.78, 5) is 13.5. The predicted molar refractivity (Wildman–Crippen MR) is 68.8 cm³/mol. The van der Waals surface area contributed by atoms with Crippen LogP contribution < -0.4 is 5.73 Å². The van der Waals surface area contributed by atoms with Gasteiger partial charge in [0.1, 0.15) is 5.25 Å². The number of rotatable bonds is 2. The first-order valence-corrected chi connectivity index (χ1v) is 7.23. The van der Waals surface area contributed by atoms with E-state index in [1.54, 1.807) is 26.1 Å². The molecule has 1 saturated heterocycles. The third-order valence-corrected chi connectivity index (χ3v) is 5.52. The molecule has 6 heteroatoms. The molecular formula is C12H16N2O3S. The number of sulfone groups is 1. The molecule has 5 nitrogen and oxygen atoms in total. The first kappa shape index (κ1) is 12.9. The number of carbonyl (C=O) groups excluding carboxylic acids is 1. The number of nitrogens with zero attached hydrogens (tertiary/aromatic N) is 1. The smallest absolute Gasteiger partial charge is 0.241 e. The molecule has 0 radical (unpaired) electrons. The summed E-state index contributed by atoms with van der Waals surface area (Å²) in [6.07, 6.45) is 0.349. The van der Waals surface area contributed by atoms with Gasteiger partial charge < -0.3 is 10.6 Å². The molecule has 1 amide bonds. The lowest BCUT2D eigenvalue weighted by Gasteiger charge is -2.13. The van der Waals surface area contributed by atoms with Gasteiger partial charge >= 0.3 is 0 Å². The summed E-state index contributed by atoms with van der Waals surface area (Å²) in [7, 11) is -2.00. The van der Waals surface area contributed by atoms with Crippen LogP contribution >= 0.6 is 0 Å². The first-order chi connectivity index (χ1) is 8.34. The van der Waals surface area contributed by atoms with Gasteiger partial charge in [0.2, 0.25) is 5.91 Å². The molecule has 1 unspecified atom stereocenters. The Morgan fingerprint density at radius 3 is 2.56 bits per heavy atom. The Balaban J connectivity index is 2.46. The number of anilines is 1. The molecule has 1 aromatic carbocycles. The lowest BCUT2D eigenvalue weighted by molar-refractivity contribution is -0.126. The SMILES string of the molecule is Cc1cc(N)ccc1S(=O)(=O)C1CCN(C)C1=O. The van der Waals surface area contributed by atoms with Gasteiger partial charge in [0.15, 0.2) is 9.84 Å². The molecule has 2 rings (SSSR count). The second-order valence-electron chi connectivity index (χ2n) is 4.61. The highest BCUT2D eigenvalue weighted by molar-refractivity contribution is 7.92. The van der Waals surface area contributed by atoms with E-state index in [1.807, 2.05) is 0 Å². The van der Waals surface area contributed by atoms with Crippen molar-refractivity contribution in [3.05, 3.63) is 23.8 Å². The van der Waals surface area contributed by atoms with E-state index >= 15 is 0 Å². The molecule has 2 N–H and O–H groups in total. The zero-order chi connectivity index (χ0) is 13.5. The summed E-state index contributed by atoms with van der Waals surface area (Å²) in [5.41, 5.74) is 6.70. The standard InChI is InChI=1S/C12H16N2O3S/c1-8-7-9(13)3-4-10(8)18(16,17)11-5-6-14(2)12(11)15/h3-4,7,11H,5-6,13H2,1-2H3. The fourth-order valence-electron chi connectivity index (χ4n) is 2.22. The molecule has 1 heterocycles. The van der Waals surface area contributed by atoms with Gasteiger partial charge in [-0.3, -0.25) is 4.79 Å². The predicted octanol–water partition coefficient (Wildman–Crippen LogP) is 0.582. The number of nitrogen functional groups attached to an aromatic ring is 1.